The van der Waals surface area contributed by atoms with Crippen molar-refractivity contribution in [1.29, 1.82) is 0 Å². The minimum atomic E-state index is -1.22. The maximum atomic E-state index is 13.3. The summed E-state index contributed by atoms with van der Waals surface area (Å²) in [4.78, 5) is 50.9. The van der Waals surface area contributed by atoms with Crippen LogP contribution in [0.15, 0.2) is 42.5 Å². The lowest BCUT2D eigenvalue weighted by Gasteiger charge is -2.38. The number of nitrogens with one attached hydrogen (secondary N) is 1. The minimum Gasteiger partial charge on any atom is -0.493 e. The fourth-order valence-corrected chi connectivity index (χ4v) is 4.55. The van der Waals surface area contributed by atoms with Crippen LogP contribution in [0, 0.1) is 0 Å². The number of benzene rings is 2. The Hall–Kier alpha value is -4.48. The van der Waals surface area contributed by atoms with Crippen LogP contribution in [-0.4, -0.2) is 76.2 Å². The molecule has 1 aliphatic heterocycles. The molecule has 40 heavy (non-hydrogen) atoms. The predicted octanol–water partition coefficient (Wildman–Crippen LogP) is 3.02. The van der Waals surface area contributed by atoms with E-state index in [2.05, 4.69) is 5.32 Å². The zero-order valence-electron chi connectivity index (χ0n) is 23.2. The maximum absolute atomic E-state index is 13.3. The molecule has 1 saturated heterocycles. The standard InChI is InChI=1S/C28H34N2O10/c1-18(31)29-16-24(32)39-19(2)40-27(34)30-13-9-12-28(30,21-10-7-6-8-11-21)17-38-26(33)20-14-22(35-3)25(37-5)23(15-20)36-4/h6-8,10-11,14-15,19H,9,12-13,16-17H2,1-5H3,(H,29,31). The van der Waals surface area contributed by atoms with E-state index in [0.717, 1.165) is 5.56 Å². The second kappa shape index (κ2) is 13.5. The van der Waals surface area contributed by atoms with Crippen molar-refractivity contribution in [2.24, 2.45) is 0 Å². The normalized spacial score (nSPS) is 16.9. The maximum Gasteiger partial charge on any atom is 0.413 e. The van der Waals surface area contributed by atoms with Crippen LogP contribution in [0.4, 0.5) is 4.79 Å². The number of carbonyl (C=O) groups excluding carboxylic acids is 4. The number of methoxy groups -OCH3 is 3. The van der Waals surface area contributed by atoms with Crippen molar-refractivity contribution in [3.63, 3.8) is 0 Å². The summed E-state index contributed by atoms with van der Waals surface area (Å²) < 4.78 is 32.3. The first-order valence-electron chi connectivity index (χ1n) is 12.6. The smallest absolute Gasteiger partial charge is 0.413 e. The summed E-state index contributed by atoms with van der Waals surface area (Å²) in [5.74, 6) is -0.897. The second-order valence-electron chi connectivity index (χ2n) is 8.99. The average Bonchev–Trinajstić information content (AvgIpc) is 3.39. The van der Waals surface area contributed by atoms with E-state index in [-0.39, 0.29) is 18.7 Å². The lowest BCUT2D eigenvalue weighted by Crippen LogP contribution is -2.49. The molecule has 2 amide bonds. The molecule has 0 spiro atoms. The van der Waals surface area contributed by atoms with E-state index in [4.69, 9.17) is 28.4 Å². The Balaban J connectivity index is 1.81. The highest BCUT2D eigenvalue weighted by Crippen LogP contribution is 2.41. The highest BCUT2D eigenvalue weighted by Gasteiger charge is 2.47. The molecule has 0 radical (unpaired) electrons. The Morgan fingerprint density at radius 3 is 2.20 bits per heavy atom. The van der Waals surface area contributed by atoms with Crippen molar-refractivity contribution in [3.05, 3.63) is 53.6 Å². The van der Waals surface area contributed by atoms with Gasteiger partial charge in [-0.1, -0.05) is 30.3 Å². The van der Waals surface area contributed by atoms with Gasteiger partial charge in [-0.3, -0.25) is 14.5 Å². The van der Waals surface area contributed by atoms with Crippen LogP contribution in [0.5, 0.6) is 17.2 Å². The molecule has 216 valence electrons. The Bertz CT molecular complexity index is 1190. The van der Waals surface area contributed by atoms with E-state index in [1.54, 1.807) is 0 Å². The van der Waals surface area contributed by atoms with Gasteiger partial charge in [0.25, 0.3) is 0 Å². The Kier molecular flexibility index (Phi) is 10.2. The largest absolute Gasteiger partial charge is 0.493 e. The molecular formula is C28H34N2O10. The number of rotatable bonds is 11. The molecule has 2 aromatic carbocycles. The Morgan fingerprint density at radius 1 is 0.975 bits per heavy atom. The van der Waals surface area contributed by atoms with Crippen molar-refractivity contribution < 1.29 is 47.6 Å². The van der Waals surface area contributed by atoms with Crippen molar-refractivity contribution in [3.8, 4) is 17.2 Å². The van der Waals surface area contributed by atoms with Gasteiger partial charge < -0.3 is 33.7 Å². The van der Waals surface area contributed by atoms with Gasteiger partial charge in [0, 0.05) is 20.4 Å². The van der Waals surface area contributed by atoms with E-state index in [0.29, 0.717) is 36.6 Å². The van der Waals surface area contributed by atoms with Gasteiger partial charge in [-0.15, -0.1) is 0 Å². The SMILES string of the molecule is COc1cc(C(=O)OCC2(c3ccccc3)CCCN2C(=O)OC(C)OC(=O)CNC(C)=O)cc(OC)c1OC. The van der Waals surface area contributed by atoms with Crippen molar-refractivity contribution >= 4 is 23.9 Å². The van der Waals surface area contributed by atoms with E-state index in [1.807, 2.05) is 30.3 Å². The van der Waals surface area contributed by atoms with Gasteiger partial charge in [0.2, 0.25) is 17.9 Å². The third-order valence-electron chi connectivity index (χ3n) is 6.41. The van der Waals surface area contributed by atoms with Crippen LogP contribution in [0.25, 0.3) is 0 Å². The molecule has 0 aromatic heterocycles. The van der Waals surface area contributed by atoms with Crippen LogP contribution in [0.3, 0.4) is 0 Å². The lowest BCUT2D eigenvalue weighted by molar-refractivity contribution is -0.166. The summed E-state index contributed by atoms with van der Waals surface area (Å²) in [6, 6.07) is 12.1. The van der Waals surface area contributed by atoms with E-state index >= 15 is 0 Å². The van der Waals surface area contributed by atoms with Gasteiger partial charge in [0.05, 0.1) is 26.9 Å². The molecule has 2 atom stereocenters. The van der Waals surface area contributed by atoms with Gasteiger partial charge >= 0.3 is 18.0 Å². The zero-order valence-corrected chi connectivity index (χ0v) is 23.2. The van der Waals surface area contributed by atoms with Crippen LogP contribution in [0.2, 0.25) is 0 Å². The number of carbonyl (C=O) groups is 4. The van der Waals surface area contributed by atoms with Crippen molar-refractivity contribution in [2.75, 3.05) is 41.0 Å². The van der Waals surface area contributed by atoms with Crippen molar-refractivity contribution in [2.45, 2.75) is 38.5 Å². The van der Waals surface area contributed by atoms with Gasteiger partial charge in [-0.25, -0.2) is 9.59 Å². The van der Waals surface area contributed by atoms with Gasteiger partial charge in [0.15, 0.2) is 11.5 Å². The van der Waals surface area contributed by atoms with Crippen LogP contribution in [0.1, 0.15) is 42.6 Å². The van der Waals surface area contributed by atoms with Crippen LogP contribution < -0.4 is 19.5 Å². The van der Waals surface area contributed by atoms with Gasteiger partial charge in [0.1, 0.15) is 18.7 Å². The minimum absolute atomic E-state index is 0.168. The molecule has 1 N–H and O–H groups in total. The highest BCUT2D eigenvalue weighted by molar-refractivity contribution is 5.91. The topological polar surface area (TPSA) is 139 Å². The number of hydrogen-bond acceptors (Lipinski definition) is 10. The van der Waals surface area contributed by atoms with E-state index in [1.165, 1.54) is 52.2 Å². The second-order valence-corrected chi connectivity index (χ2v) is 8.99. The molecule has 2 aromatic rings. The summed E-state index contributed by atoms with van der Waals surface area (Å²) in [5.41, 5.74) is -0.115. The average molecular weight is 559 g/mol. The number of ether oxygens (including phenoxy) is 6. The van der Waals surface area contributed by atoms with Crippen LogP contribution in [-0.2, 0) is 29.3 Å². The molecule has 1 heterocycles. The number of likely N-dealkylation sites (tertiary alicyclic amines) is 1. The first-order valence-corrected chi connectivity index (χ1v) is 12.6. The van der Waals surface area contributed by atoms with E-state index in [9.17, 15) is 19.2 Å². The van der Waals surface area contributed by atoms with Crippen molar-refractivity contribution in [1.82, 2.24) is 10.2 Å². The number of nitrogens with zero attached hydrogens (tertiary/aromatic N) is 1. The first kappa shape index (κ1) is 30.1. The third kappa shape index (κ3) is 6.93. The molecule has 12 nitrogen and oxygen atoms in total. The summed E-state index contributed by atoms with van der Waals surface area (Å²) in [7, 11) is 4.34. The fraction of sp³-hybridized carbons (Fsp3) is 0.429. The molecule has 12 heteroatoms. The van der Waals surface area contributed by atoms with Gasteiger partial charge in [-0.05, 0) is 30.5 Å². The number of hydrogen-bond donors (Lipinski definition) is 1. The molecule has 3 rings (SSSR count). The summed E-state index contributed by atoms with van der Waals surface area (Å²) in [6.07, 6.45) is -0.858. The van der Waals surface area contributed by atoms with E-state index < -0.39 is 35.8 Å². The molecule has 2 unspecified atom stereocenters. The first-order chi connectivity index (χ1) is 19.1. The fourth-order valence-electron chi connectivity index (χ4n) is 4.55. The molecule has 1 fully saturated rings. The number of esters is 2. The third-order valence-corrected chi connectivity index (χ3v) is 6.41. The molecule has 0 saturated carbocycles. The zero-order chi connectivity index (χ0) is 29.3. The quantitative estimate of drug-likeness (QED) is 0.323. The van der Waals surface area contributed by atoms with Gasteiger partial charge in [-0.2, -0.15) is 0 Å². The summed E-state index contributed by atoms with van der Waals surface area (Å²) in [6.45, 7) is 2.46. The number of amides is 2. The van der Waals surface area contributed by atoms with Crippen LogP contribution >= 0.6 is 0 Å². The Morgan fingerprint density at radius 2 is 1.62 bits per heavy atom. The summed E-state index contributed by atoms with van der Waals surface area (Å²) >= 11 is 0. The highest BCUT2D eigenvalue weighted by atomic mass is 16.7. The predicted molar refractivity (Wildman–Crippen MR) is 141 cm³/mol. The molecule has 0 bridgehead atoms. The summed E-state index contributed by atoms with van der Waals surface area (Å²) in [5, 5.41) is 2.32. The lowest BCUT2D eigenvalue weighted by atomic mass is 9.88. The Labute approximate surface area is 232 Å². The molecule has 0 aliphatic carbocycles. The molecule has 1 aliphatic rings. The monoisotopic (exact) mass is 558 g/mol. The molecular weight excluding hydrogens is 524 g/mol.